The van der Waals surface area contributed by atoms with Crippen LogP contribution in [-0.4, -0.2) is 45.8 Å². The highest BCUT2D eigenvalue weighted by molar-refractivity contribution is 6.33. The van der Waals surface area contributed by atoms with Gasteiger partial charge in [-0.2, -0.15) is 13.9 Å². The lowest BCUT2D eigenvalue weighted by molar-refractivity contribution is -0.123. The van der Waals surface area contributed by atoms with Gasteiger partial charge in [0.25, 0.3) is 11.8 Å². The minimum atomic E-state index is -3.00. The second-order valence-corrected chi connectivity index (χ2v) is 7.10. The SMILES string of the molecule is Cc1cc(C)n(-c2ccc(Cl)c(C(=O)OCC(=O)NC(=O)c3ccc(OC(F)F)cc3)n2)n1. The number of halogens is 3. The zero-order valence-corrected chi connectivity index (χ0v) is 18.1. The molecule has 1 aromatic carbocycles. The van der Waals surface area contributed by atoms with Gasteiger partial charge in [0, 0.05) is 11.3 Å². The van der Waals surface area contributed by atoms with Gasteiger partial charge in [0.15, 0.2) is 18.1 Å². The van der Waals surface area contributed by atoms with Crippen molar-refractivity contribution in [3.63, 3.8) is 0 Å². The standard InChI is InChI=1S/C21H17ClF2N4O5/c1-11-9-12(2)28(27-11)16-8-7-15(22)18(25-16)20(31)32-10-17(29)26-19(30)13-3-5-14(6-4-13)33-21(23)24/h3-9,21H,10H2,1-2H3,(H,26,29,30). The van der Waals surface area contributed by atoms with Gasteiger partial charge in [0.05, 0.1) is 10.7 Å². The Labute approximate surface area is 191 Å². The number of carbonyl (C=O) groups is 3. The molecule has 0 aliphatic heterocycles. The fourth-order valence-corrected chi connectivity index (χ4v) is 2.96. The molecule has 3 rings (SSSR count). The summed E-state index contributed by atoms with van der Waals surface area (Å²) >= 11 is 6.04. The van der Waals surface area contributed by atoms with Gasteiger partial charge in [-0.3, -0.25) is 14.9 Å². The number of ether oxygens (including phenoxy) is 2. The summed E-state index contributed by atoms with van der Waals surface area (Å²) in [6.45, 7) is -0.161. The Morgan fingerprint density at radius 2 is 1.82 bits per heavy atom. The highest BCUT2D eigenvalue weighted by Crippen LogP contribution is 2.19. The lowest BCUT2D eigenvalue weighted by Crippen LogP contribution is -2.34. The highest BCUT2D eigenvalue weighted by Gasteiger charge is 2.19. The van der Waals surface area contributed by atoms with E-state index in [1.807, 2.05) is 18.3 Å². The second-order valence-electron chi connectivity index (χ2n) is 6.70. The number of nitrogens with zero attached hydrogens (tertiary/aromatic N) is 3. The summed E-state index contributed by atoms with van der Waals surface area (Å²) in [5.41, 5.74) is 1.33. The van der Waals surface area contributed by atoms with Crippen molar-refractivity contribution in [3.8, 4) is 11.6 Å². The molecule has 0 aliphatic rings. The minimum absolute atomic E-state index is 0.00729. The molecule has 9 nitrogen and oxygen atoms in total. The van der Waals surface area contributed by atoms with Crippen LogP contribution in [0, 0.1) is 13.8 Å². The lowest BCUT2D eigenvalue weighted by Gasteiger charge is -2.09. The van der Waals surface area contributed by atoms with E-state index < -0.39 is 31.0 Å². The van der Waals surface area contributed by atoms with Crippen molar-refractivity contribution in [2.45, 2.75) is 20.5 Å². The normalized spacial score (nSPS) is 10.7. The third kappa shape index (κ3) is 6.10. The number of hydrogen-bond donors (Lipinski definition) is 1. The molecule has 1 N–H and O–H groups in total. The molecule has 0 atom stereocenters. The van der Waals surface area contributed by atoms with Crippen LogP contribution in [0.15, 0.2) is 42.5 Å². The summed E-state index contributed by atoms with van der Waals surface area (Å²) in [6.07, 6.45) is 0. The molecule has 2 amide bonds. The predicted octanol–water partition coefficient (Wildman–Crippen LogP) is 3.25. The molecule has 172 valence electrons. The number of aryl methyl sites for hydroxylation is 2. The van der Waals surface area contributed by atoms with Crippen molar-refractivity contribution >= 4 is 29.4 Å². The Kier molecular flexibility index (Phi) is 7.34. The quantitative estimate of drug-likeness (QED) is 0.519. The highest BCUT2D eigenvalue weighted by atomic mass is 35.5. The number of benzene rings is 1. The van der Waals surface area contributed by atoms with E-state index in [1.165, 1.54) is 22.9 Å². The number of aromatic nitrogens is 3. The summed E-state index contributed by atoms with van der Waals surface area (Å²) in [4.78, 5) is 40.6. The molecule has 0 radical (unpaired) electrons. The van der Waals surface area contributed by atoms with Crippen molar-refractivity contribution in [2.75, 3.05) is 6.61 Å². The molecule has 0 spiro atoms. The Balaban J connectivity index is 1.60. The van der Waals surface area contributed by atoms with E-state index in [0.29, 0.717) is 5.82 Å². The number of imide groups is 1. The molecule has 0 saturated carbocycles. The maximum atomic E-state index is 12.4. The van der Waals surface area contributed by atoms with Gasteiger partial charge in [-0.25, -0.2) is 14.5 Å². The zero-order valence-electron chi connectivity index (χ0n) is 17.3. The molecular formula is C21H17ClF2N4O5. The first-order valence-electron chi connectivity index (χ1n) is 9.40. The van der Waals surface area contributed by atoms with Crippen molar-refractivity contribution < 1.29 is 32.6 Å². The largest absolute Gasteiger partial charge is 0.451 e. The van der Waals surface area contributed by atoms with Crippen LogP contribution in [0.25, 0.3) is 5.82 Å². The molecule has 33 heavy (non-hydrogen) atoms. The van der Waals surface area contributed by atoms with E-state index in [4.69, 9.17) is 16.3 Å². The van der Waals surface area contributed by atoms with E-state index in [-0.39, 0.29) is 22.0 Å². The van der Waals surface area contributed by atoms with Gasteiger partial charge in [-0.15, -0.1) is 0 Å². The number of hydrogen-bond acceptors (Lipinski definition) is 7. The van der Waals surface area contributed by atoms with Gasteiger partial charge >= 0.3 is 12.6 Å². The first-order chi connectivity index (χ1) is 15.6. The van der Waals surface area contributed by atoms with Gasteiger partial charge in [-0.1, -0.05) is 11.6 Å². The van der Waals surface area contributed by atoms with Gasteiger partial charge in [0.1, 0.15) is 5.75 Å². The van der Waals surface area contributed by atoms with Crippen LogP contribution in [-0.2, 0) is 9.53 Å². The van der Waals surface area contributed by atoms with E-state index >= 15 is 0 Å². The molecule has 3 aromatic rings. The van der Waals surface area contributed by atoms with Crippen LogP contribution in [0.4, 0.5) is 8.78 Å². The predicted molar refractivity (Wildman–Crippen MR) is 112 cm³/mol. The molecule has 0 fully saturated rings. The van der Waals surface area contributed by atoms with Crippen LogP contribution in [0.1, 0.15) is 32.2 Å². The molecule has 12 heteroatoms. The van der Waals surface area contributed by atoms with Crippen LogP contribution in [0.5, 0.6) is 5.75 Å². The molecule has 0 unspecified atom stereocenters. The number of pyridine rings is 1. The minimum Gasteiger partial charge on any atom is -0.451 e. The number of amides is 2. The Bertz CT molecular complexity index is 1200. The fourth-order valence-electron chi connectivity index (χ4n) is 2.78. The topological polar surface area (TPSA) is 112 Å². The number of esters is 1. The molecular weight excluding hydrogens is 462 g/mol. The average molecular weight is 479 g/mol. The second kappa shape index (κ2) is 10.2. The fraction of sp³-hybridized carbons (Fsp3) is 0.190. The van der Waals surface area contributed by atoms with Crippen molar-refractivity contribution in [1.82, 2.24) is 20.1 Å². The van der Waals surface area contributed by atoms with Gasteiger partial charge in [0.2, 0.25) is 0 Å². The monoisotopic (exact) mass is 478 g/mol. The maximum Gasteiger partial charge on any atom is 0.387 e. The maximum absolute atomic E-state index is 12.4. The number of alkyl halides is 2. The Morgan fingerprint density at radius 3 is 2.42 bits per heavy atom. The van der Waals surface area contributed by atoms with Crippen LogP contribution in [0.3, 0.4) is 0 Å². The van der Waals surface area contributed by atoms with Crippen molar-refractivity contribution in [3.05, 3.63) is 70.1 Å². The number of nitrogens with one attached hydrogen (secondary N) is 1. The molecule has 0 aliphatic carbocycles. The van der Waals surface area contributed by atoms with Gasteiger partial charge in [-0.05, 0) is 56.3 Å². The third-order valence-corrected chi connectivity index (χ3v) is 4.49. The summed E-state index contributed by atoms with van der Waals surface area (Å²) < 4.78 is 35.0. The smallest absolute Gasteiger partial charge is 0.387 e. The van der Waals surface area contributed by atoms with E-state index in [2.05, 4.69) is 14.8 Å². The van der Waals surface area contributed by atoms with Crippen molar-refractivity contribution in [2.24, 2.45) is 0 Å². The molecule has 2 aromatic heterocycles. The summed E-state index contributed by atoms with van der Waals surface area (Å²) in [5, 5.41) is 6.30. The van der Waals surface area contributed by atoms with Crippen LogP contribution in [0.2, 0.25) is 5.02 Å². The third-order valence-electron chi connectivity index (χ3n) is 4.18. The van der Waals surface area contributed by atoms with Crippen LogP contribution >= 0.6 is 11.6 Å². The summed E-state index contributed by atoms with van der Waals surface area (Å²) in [5.74, 6) is -2.52. The molecule has 0 saturated heterocycles. The lowest BCUT2D eigenvalue weighted by atomic mass is 10.2. The van der Waals surface area contributed by atoms with E-state index in [1.54, 1.807) is 13.0 Å². The van der Waals surface area contributed by atoms with Gasteiger partial charge < -0.3 is 9.47 Å². The number of rotatable bonds is 7. The molecule has 0 bridgehead atoms. The molecule has 2 heterocycles. The van der Waals surface area contributed by atoms with E-state index in [9.17, 15) is 23.2 Å². The Hall–Kier alpha value is -3.86. The van der Waals surface area contributed by atoms with Crippen molar-refractivity contribution in [1.29, 1.82) is 0 Å². The average Bonchev–Trinajstić information content (AvgIpc) is 3.10. The first-order valence-corrected chi connectivity index (χ1v) is 9.78. The summed E-state index contributed by atoms with van der Waals surface area (Å²) in [6, 6.07) is 9.53. The zero-order chi connectivity index (χ0) is 24.1. The van der Waals surface area contributed by atoms with Crippen LogP contribution < -0.4 is 10.1 Å². The Morgan fingerprint density at radius 1 is 1.12 bits per heavy atom. The van der Waals surface area contributed by atoms with E-state index in [0.717, 1.165) is 23.5 Å². The summed E-state index contributed by atoms with van der Waals surface area (Å²) in [7, 11) is 0. The first kappa shape index (κ1) is 23.8. The number of carbonyl (C=O) groups excluding carboxylic acids is 3.